The van der Waals surface area contributed by atoms with E-state index in [2.05, 4.69) is 66.8 Å². The van der Waals surface area contributed by atoms with Crippen molar-refractivity contribution < 1.29 is 4.74 Å². The molecule has 0 radical (unpaired) electrons. The fraction of sp³-hybridized carbons (Fsp3) is 0.130. The van der Waals surface area contributed by atoms with Gasteiger partial charge in [0.2, 0.25) is 5.06 Å². The molecule has 0 fully saturated rings. The van der Waals surface area contributed by atoms with Crippen LogP contribution in [0.25, 0.3) is 10.8 Å². The average Bonchev–Trinajstić information content (AvgIpc) is 3.06. The van der Waals surface area contributed by atoms with E-state index in [0.717, 1.165) is 23.7 Å². The minimum Gasteiger partial charge on any atom is -0.445 e. The lowest BCUT2D eigenvalue weighted by Crippen LogP contribution is -1.98. The Kier molecular flexibility index (Phi) is 5.33. The van der Waals surface area contributed by atoms with E-state index in [1.54, 1.807) is 0 Å². The Hall–Kier alpha value is -2.49. The molecule has 1 aromatic heterocycles. The van der Waals surface area contributed by atoms with Gasteiger partial charge in [-0.15, -0.1) is 0 Å². The first-order valence-corrected chi connectivity index (χ1v) is 10.2. The summed E-state index contributed by atoms with van der Waals surface area (Å²) in [5.41, 5.74) is 2.55. The van der Waals surface area contributed by atoms with Gasteiger partial charge in [0.1, 0.15) is 5.75 Å². The number of fused-ring (bicyclic) bond motifs is 1. The Labute approximate surface area is 168 Å². The van der Waals surface area contributed by atoms with Crippen LogP contribution >= 0.6 is 22.9 Å². The topological polar surface area (TPSA) is 21.3 Å². The van der Waals surface area contributed by atoms with Crippen LogP contribution in [0.5, 0.6) is 10.8 Å². The highest BCUT2D eigenvalue weighted by Gasteiger charge is 2.10. The second-order valence-corrected chi connectivity index (χ2v) is 7.76. The summed E-state index contributed by atoms with van der Waals surface area (Å²) in [5.74, 6) is 0.802. The smallest absolute Gasteiger partial charge is 0.201 e. The highest BCUT2D eigenvalue weighted by atomic mass is 35.5. The van der Waals surface area contributed by atoms with Gasteiger partial charge in [0, 0.05) is 6.54 Å². The SMILES string of the molecule is CCc1ccc(Oc2sc(NCc3cccc4ccccc34)cc2Cl)cc1. The predicted molar refractivity (Wildman–Crippen MR) is 116 cm³/mol. The number of halogens is 1. The number of benzene rings is 3. The second-order valence-electron chi connectivity index (χ2n) is 6.34. The van der Waals surface area contributed by atoms with Gasteiger partial charge in [0.05, 0.1) is 10.0 Å². The highest BCUT2D eigenvalue weighted by Crippen LogP contribution is 2.41. The van der Waals surface area contributed by atoms with Crippen LogP contribution in [-0.4, -0.2) is 0 Å². The summed E-state index contributed by atoms with van der Waals surface area (Å²) in [6.45, 7) is 2.88. The van der Waals surface area contributed by atoms with Crippen LogP contribution in [0.4, 0.5) is 5.00 Å². The van der Waals surface area contributed by atoms with E-state index < -0.39 is 0 Å². The van der Waals surface area contributed by atoms with Gasteiger partial charge in [-0.05, 0) is 46.5 Å². The number of thiophene rings is 1. The molecule has 1 heterocycles. The van der Waals surface area contributed by atoms with Crippen molar-refractivity contribution in [3.63, 3.8) is 0 Å². The standard InChI is InChI=1S/C23H20ClNOS/c1-2-16-10-12-19(13-11-16)26-23-21(24)14-22(27-23)25-15-18-8-5-7-17-6-3-4-9-20(17)18/h3-14,25H,2,15H2,1H3. The zero-order valence-corrected chi connectivity index (χ0v) is 16.6. The molecular weight excluding hydrogens is 374 g/mol. The molecule has 0 atom stereocenters. The fourth-order valence-electron chi connectivity index (χ4n) is 3.04. The van der Waals surface area contributed by atoms with Crippen molar-refractivity contribution in [1.82, 2.24) is 0 Å². The molecule has 0 amide bonds. The molecule has 4 rings (SSSR count). The maximum Gasteiger partial charge on any atom is 0.201 e. The lowest BCUT2D eigenvalue weighted by Gasteiger charge is -2.08. The molecule has 0 aliphatic heterocycles. The van der Waals surface area contributed by atoms with Crippen molar-refractivity contribution >= 4 is 38.7 Å². The van der Waals surface area contributed by atoms with Crippen molar-refractivity contribution in [1.29, 1.82) is 0 Å². The molecule has 0 aliphatic rings. The number of ether oxygens (including phenoxy) is 1. The molecule has 1 N–H and O–H groups in total. The van der Waals surface area contributed by atoms with Gasteiger partial charge in [0.15, 0.2) is 0 Å². The fourth-order valence-corrected chi connectivity index (χ4v) is 4.18. The summed E-state index contributed by atoms with van der Waals surface area (Å²) in [4.78, 5) is 0. The van der Waals surface area contributed by atoms with Crippen LogP contribution < -0.4 is 10.1 Å². The van der Waals surface area contributed by atoms with E-state index >= 15 is 0 Å². The molecule has 4 heteroatoms. The van der Waals surface area contributed by atoms with Crippen molar-refractivity contribution in [2.75, 3.05) is 5.32 Å². The Bertz CT molecular complexity index is 1050. The summed E-state index contributed by atoms with van der Waals surface area (Å²) >= 11 is 7.90. The summed E-state index contributed by atoms with van der Waals surface area (Å²) in [6.07, 6.45) is 1.02. The molecular formula is C23H20ClNOS. The van der Waals surface area contributed by atoms with E-state index in [9.17, 15) is 0 Å². The maximum absolute atomic E-state index is 6.38. The van der Waals surface area contributed by atoms with E-state index in [-0.39, 0.29) is 0 Å². The van der Waals surface area contributed by atoms with Crippen LogP contribution in [0.3, 0.4) is 0 Å². The van der Waals surface area contributed by atoms with Gasteiger partial charge in [-0.2, -0.15) is 0 Å². The molecule has 2 nitrogen and oxygen atoms in total. The first kappa shape index (κ1) is 17.9. The average molecular weight is 394 g/mol. The van der Waals surface area contributed by atoms with E-state index in [1.165, 1.54) is 33.2 Å². The maximum atomic E-state index is 6.38. The van der Waals surface area contributed by atoms with E-state index in [4.69, 9.17) is 16.3 Å². The summed E-state index contributed by atoms with van der Waals surface area (Å²) < 4.78 is 5.96. The normalized spacial score (nSPS) is 10.9. The van der Waals surface area contributed by atoms with Crippen LogP contribution in [0.15, 0.2) is 72.8 Å². The van der Waals surface area contributed by atoms with Gasteiger partial charge < -0.3 is 10.1 Å². The Morgan fingerprint density at radius 1 is 0.963 bits per heavy atom. The van der Waals surface area contributed by atoms with Crippen LogP contribution in [0, 0.1) is 0 Å². The molecule has 27 heavy (non-hydrogen) atoms. The lowest BCUT2D eigenvalue weighted by molar-refractivity contribution is 0.496. The largest absolute Gasteiger partial charge is 0.445 e. The zero-order chi connectivity index (χ0) is 18.6. The summed E-state index contributed by atoms with van der Waals surface area (Å²) in [5, 5.41) is 8.32. The molecule has 0 saturated heterocycles. The zero-order valence-electron chi connectivity index (χ0n) is 15.0. The molecule has 0 bridgehead atoms. The van der Waals surface area contributed by atoms with Crippen LogP contribution in [0.2, 0.25) is 5.02 Å². The Morgan fingerprint density at radius 2 is 1.74 bits per heavy atom. The molecule has 0 unspecified atom stereocenters. The van der Waals surface area contributed by atoms with Crippen molar-refractivity contribution in [3.05, 3.63) is 88.9 Å². The highest BCUT2D eigenvalue weighted by molar-refractivity contribution is 7.18. The van der Waals surface area contributed by atoms with E-state index in [0.29, 0.717) is 10.1 Å². The lowest BCUT2D eigenvalue weighted by atomic mass is 10.0. The molecule has 3 aromatic carbocycles. The minimum absolute atomic E-state index is 0.625. The third kappa shape index (κ3) is 4.10. The number of hydrogen-bond donors (Lipinski definition) is 1. The van der Waals surface area contributed by atoms with E-state index in [1.807, 2.05) is 18.2 Å². The molecule has 0 saturated carbocycles. The predicted octanol–water partition coefficient (Wildman–Crippen LogP) is 7.52. The monoisotopic (exact) mass is 393 g/mol. The number of anilines is 1. The number of nitrogens with one attached hydrogen (secondary N) is 1. The first-order chi connectivity index (χ1) is 13.2. The second kappa shape index (κ2) is 8.03. The third-order valence-electron chi connectivity index (χ3n) is 4.53. The van der Waals surface area contributed by atoms with Gasteiger partial charge in [-0.25, -0.2) is 0 Å². The summed E-state index contributed by atoms with van der Waals surface area (Å²) in [6, 6.07) is 24.9. The minimum atomic E-state index is 0.625. The van der Waals surface area contributed by atoms with Crippen molar-refractivity contribution in [2.24, 2.45) is 0 Å². The number of aryl methyl sites for hydroxylation is 1. The summed E-state index contributed by atoms with van der Waals surface area (Å²) in [7, 11) is 0. The van der Waals surface area contributed by atoms with Crippen LogP contribution in [-0.2, 0) is 13.0 Å². The Balaban J connectivity index is 1.48. The van der Waals surface area contributed by atoms with Gasteiger partial charge in [0.25, 0.3) is 0 Å². The first-order valence-electron chi connectivity index (χ1n) is 8.99. The molecule has 136 valence electrons. The number of rotatable bonds is 6. The van der Waals surface area contributed by atoms with Crippen molar-refractivity contribution in [2.45, 2.75) is 19.9 Å². The van der Waals surface area contributed by atoms with Crippen molar-refractivity contribution in [3.8, 4) is 10.8 Å². The number of hydrogen-bond acceptors (Lipinski definition) is 3. The van der Waals surface area contributed by atoms with Crippen LogP contribution in [0.1, 0.15) is 18.1 Å². The quantitative estimate of drug-likeness (QED) is 0.365. The van der Waals surface area contributed by atoms with Gasteiger partial charge in [-0.1, -0.05) is 84.5 Å². The Morgan fingerprint density at radius 3 is 2.56 bits per heavy atom. The molecule has 4 aromatic rings. The van der Waals surface area contributed by atoms with Gasteiger partial charge >= 0.3 is 0 Å². The van der Waals surface area contributed by atoms with Gasteiger partial charge in [-0.3, -0.25) is 0 Å². The third-order valence-corrected chi connectivity index (χ3v) is 5.89. The molecule has 0 spiro atoms. The molecule has 0 aliphatic carbocycles.